The molecule has 1 fully saturated rings. The molecule has 1 aliphatic heterocycles. The Balaban J connectivity index is 1.23. The number of anilines is 1. The number of amides is 2. The topological polar surface area (TPSA) is 83.3 Å². The minimum Gasteiger partial charge on any atom is -0.339 e. The van der Waals surface area contributed by atoms with Crippen molar-refractivity contribution in [3.8, 4) is 0 Å². The van der Waals surface area contributed by atoms with Crippen LogP contribution in [0, 0.1) is 11.7 Å². The second kappa shape index (κ2) is 10.2. The maximum Gasteiger partial charge on any atom is 0.319 e. The number of nitrogens with zero attached hydrogens (tertiary/aromatic N) is 3. The molecule has 7 nitrogen and oxygen atoms in total. The second-order valence-electron chi connectivity index (χ2n) is 7.86. The number of carbonyl (C=O) groups excluding carboxylic acids is 1. The van der Waals surface area contributed by atoms with Crippen LogP contribution in [-0.4, -0.2) is 40.7 Å². The predicted octanol–water partition coefficient (Wildman–Crippen LogP) is 3.83. The van der Waals surface area contributed by atoms with E-state index in [0.29, 0.717) is 42.8 Å². The third kappa shape index (κ3) is 6.36. The number of aromatic nitrogens is 2. The van der Waals surface area contributed by atoms with Crippen LogP contribution in [0.15, 0.2) is 59.1 Å². The molecule has 0 radical (unpaired) electrons. The van der Waals surface area contributed by atoms with Crippen LogP contribution < -0.4 is 10.6 Å². The fourth-order valence-corrected chi connectivity index (χ4v) is 3.84. The van der Waals surface area contributed by atoms with Crippen molar-refractivity contribution in [1.29, 1.82) is 0 Å². The molecule has 1 atom stereocenters. The van der Waals surface area contributed by atoms with Crippen molar-refractivity contribution in [2.24, 2.45) is 5.92 Å². The molecule has 1 aromatic heterocycles. The normalized spacial score (nSPS) is 16.7. The van der Waals surface area contributed by atoms with Crippen LogP contribution in [0.3, 0.4) is 0 Å². The molecular weight excluding hydrogens is 397 g/mol. The van der Waals surface area contributed by atoms with Gasteiger partial charge in [0.05, 0.1) is 13.0 Å². The molecule has 0 saturated carbocycles. The SMILES string of the molecule is O=C(NCC1CCCN(Cc2noc(Cc3ccccc3)n2)C1)Nc1cccc(F)c1. The van der Waals surface area contributed by atoms with E-state index in [1.807, 2.05) is 30.3 Å². The molecule has 0 spiro atoms. The fourth-order valence-electron chi connectivity index (χ4n) is 3.84. The van der Waals surface area contributed by atoms with Gasteiger partial charge < -0.3 is 15.2 Å². The lowest BCUT2D eigenvalue weighted by Gasteiger charge is -2.31. The Morgan fingerprint density at radius 1 is 1.19 bits per heavy atom. The van der Waals surface area contributed by atoms with Crippen LogP contribution in [0.25, 0.3) is 0 Å². The summed E-state index contributed by atoms with van der Waals surface area (Å²) < 4.78 is 18.6. The van der Waals surface area contributed by atoms with Crippen LogP contribution in [-0.2, 0) is 13.0 Å². The van der Waals surface area contributed by atoms with Gasteiger partial charge in [0, 0.05) is 18.8 Å². The van der Waals surface area contributed by atoms with Crippen LogP contribution in [0.2, 0.25) is 0 Å². The average Bonchev–Trinajstić information content (AvgIpc) is 3.20. The molecular formula is C23H26FN5O2. The van der Waals surface area contributed by atoms with E-state index < -0.39 is 0 Å². The van der Waals surface area contributed by atoms with Crippen LogP contribution in [0.1, 0.15) is 30.1 Å². The van der Waals surface area contributed by atoms with Gasteiger partial charge in [-0.15, -0.1) is 0 Å². The minimum atomic E-state index is -0.380. The third-order valence-corrected chi connectivity index (χ3v) is 5.31. The lowest BCUT2D eigenvalue weighted by molar-refractivity contribution is 0.161. The molecule has 0 bridgehead atoms. The smallest absolute Gasteiger partial charge is 0.319 e. The molecule has 2 N–H and O–H groups in total. The van der Waals surface area contributed by atoms with E-state index in [2.05, 4.69) is 25.7 Å². The molecule has 162 valence electrons. The highest BCUT2D eigenvalue weighted by molar-refractivity contribution is 5.89. The highest BCUT2D eigenvalue weighted by Gasteiger charge is 2.22. The first-order valence-electron chi connectivity index (χ1n) is 10.5. The summed E-state index contributed by atoms with van der Waals surface area (Å²) in [6.07, 6.45) is 2.72. The number of urea groups is 1. The van der Waals surface area contributed by atoms with Crippen molar-refractivity contribution >= 4 is 11.7 Å². The van der Waals surface area contributed by atoms with Gasteiger partial charge >= 0.3 is 6.03 Å². The zero-order chi connectivity index (χ0) is 21.5. The van der Waals surface area contributed by atoms with Crippen molar-refractivity contribution in [2.45, 2.75) is 25.8 Å². The molecule has 3 aromatic rings. The molecule has 2 aromatic carbocycles. The Morgan fingerprint density at radius 3 is 2.90 bits per heavy atom. The van der Waals surface area contributed by atoms with E-state index in [1.54, 1.807) is 12.1 Å². The quantitative estimate of drug-likeness (QED) is 0.603. The van der Waals surface area contributed by atoms with Gasteiger partial charge in [-0.25, -0.2) is 9.18 Å². The summed E-state index contributed by atoms with van der Waals surface area (Å²) >= 11 is 0. The summed E-state index contributed by atoms with van der Waals surface area (Å²) in [5.41, 5.74) is 1.57. The summed E-state index contributed by atoms with van der Waals surface area (Å²) in [5.74, 6) is 1.26. The monoisotopic (exact) mass is 423 g/mol. The number of piperidine rings is 1. The Morgan fingerprint density at radius 2 is 2.06 bits per heavy atom. The van der Waals surface area contributed by atoms with Crippen LogP contribution in [0.4, 0.5) is 14.9 Å². The largest absolute Gasteiger partial charge is 0.339 e. The van der Waals surface area contributed by atoms with E-state index in [-0.39, 0.29) is 11.8 Å². The number of hydrogen-bond acceptors (Lipinski definition) is 5. The maximum absolute atomic E-state index is 13.2. The number of likely N-dealkylation sites (tertiary alicyclic amines) is 1. The highest BCUT2D eigenvalue weighted by atomic mass is 19.1. The molecule has 2 heterocycles. The second-order valence-corrected chi connectivity index (χ2v) is 7.86. The predicted molar refractivity (Wildman–Crippen MR) is 115 cm³/mol. The van der Waals surface area contributed by atoms with Gasteiger partial charge in [0.15, 0.2) is 5.82 Å². The Labute approximate surface area is 180 Å². The Bertz CT molecular complexity index is 994. The van der Waals surface area contributed by atoms with Gasteiger partial charge in [-0.1, -0.05) is 41.6 Å². The lowest BCUT2D eigenvalue weighted by Crippen LogP contribution is -2.41. The first kappa shape index (κ1) is 21.0. The van der Waals surface area contributed by atoms with E-state index in [1.165, 1.54) is 12.1 Å². The molecule has 1 unspecified atom stereocenters. The molecule has 4 rings (SSSR count). The van der Waals surface area contributed by atoms with Gasteiger partial charge in [-0.3, -0.25) is 4.90 Å². The highest BCUT2D eigenvalue weighted by Crippen LogP contribution is 2.18. The van der Waals surface area contributed by atoms with Crippen molar-refractivity contribution in [3.05, 3.63) is 77.7 Å². The van der Waals surface area contributed by atoms with Gasteiger partial charge in [0.25, 0.3) is 0 Å². The maximum atomic E-state index is 13.2. The van der Waals surface area contributed by atoms with Crippen molar-refractivity contribution < 1.29 is 13.7 Å². The summed E-state index contributed by atoms with van der Waals surface area (Å²) in [6.45, 7) is 3.00. The molecule has 8 heteroatoms. The van der Waals surface area contributed by atoms with Crippen molar-refractivity contribution in [2.75, 3.05) is 25.0 Å². The molecule has 2 amide bonds. The molecule has 0 aliphatic carbocycles. The van der Waals surface area contributed by atoms with Crippen molar-refractivity contribution in [3.63, 3.8) is 0 Å². The summed E-state index contributed by atoms with van der Waals surface area (Å²) in [7, 11) is 0. The van der Waals surface area contributed by atoms with Crippen LogP contribution >= 0.6 is 0 Å². The van der Waals surface area contributed by atoms with Crippen molar-refractivity contribution in [1.82, 2.24) is 20.4 Å². The van der Waals surface area contributed by atoms with E-state index in [4.69, 9.17) is 4.52 Å². The number of rotatable bonds is 7. The molecule has 1 aliphatic rings. The number of hydrogen-bond donors (Lipinski definition) is 2. The number of carbonyl (C=O) groups is 1. The van der Waals surface area contributed by atoms with Crippen LogP contribution in [0.5, 0.6) is 0 Å². The van der Waals surface area contributed by atoms with E-state index in [0.717, 1.165) is 31.5 Å². The number of benzene rings is 2. The standard InChI is InChI=1S/C23H26FN5O2/c24-19-9-4-10-20(13-19)26-23(30)25-14-18-8-5-11-29(15-18)16-21-27-22(31-28-21)12-17-6-2-1-3-7-17/h1-4,6-7,9-10,13,18H,5,8,11-12,14-16H2,(H2,25,26,30). The zero-order valence-corrected chi connectivity index (χ0v) is 17.3. The van der Waals surface area contributed by atoms with Gasteiger partial charge in [0.1, 0.15) is 5.82 Å². The Hall–Kier alpha value is -3.26. The Kier molecular flexibility index (Phi) is 6.89. The summed E-state index contributed by atoms with van der Waals surface area (Å²) in [5, 5.41) is 9.67. The van der Waals surface area contributed by atoms with E-state index in [9.17, 15) is 9.18 Å². The zero-order valence-electron chi connectivity index (χ0n) is 17.3. The number of nitrogens with one attached hydrogen (secondary N) is 2. The molecule has 31 heavy (non-hydrogen) atoms. The third-order valence-electron chi connectivity index (χ3n) is 5.31. The minimum absolute atomic E-state index is 0.327. The number of halogens is 1. The fraction of sp³-hybridized carbons (Fsp3) is 0.348. The average molecular weight is 423 g/mol. The van der Waals surface area contributed by atoms with E-state index >= 15 is 0 Å². The summed E-state index contributed by atoms with van der Waals surface area (Å²) in [4.78, 5) is 18.9. The summed E-state index contributed by atoms with van der Waals surface area (Å²) in [6, 6.07) is 15.6. The first-order chi connectivity index (χ1) is 15.1. The van der Waals surface area contributed by atoms with Gasteiger partial charge in [-0.05, 0) is 49.1 Å². The van der Waals surface area contributed by atoms with Gasteiger partial charge in [0.2, 0.25) is 5.89 Å². The lowest BCUT2D eigenvalue weighted by atomic mass is 9.98. The van der Waals surface area contributed by atoms with Gasteiger partial charge in [-0.2, -0.15) is 4.98 Å². The first-order valence-corrected chi connectivity index (χ1v) is 10.5. The molecule has 1 saturated heterocycles.